The Labute approximate surface area is 113 Å². The minimum atomic E-state index is -1.10. The van der Waals surface area contributed by atoms with Crippen LogP contribution in [-0.4, -0.2) is 34.6 Å². The molecule has 1 unspecified atom stereocenters. The summed E-state index contributed by atoms with van der Waals surface area (Å²) in [6, 6.07) is -1.01. The normalized spacial score (nSPS) is 12.4. The highest BCUT2D eigenvalue weighted by Crippen LogP contribution is 2.17. The molecule has 6 heteroatoms. The molecule has 102 valence electrons. The summed E-state index contributed by atoms with van der Waals surface area (Å²) < 4.78 is 0. The third-order valence-corrected chi connectivity index (χ3v) is 2.50. The lowest BCUT2D eigenvalue weighted by molar-refractivity contribution is -0.141. The van der Waals surface area contributed by atoms with Crippen molar-refractivity contribution in [2.45, 2.75) is 33.2 Å². The van der Waals surface area contributed by atoms with Gasteiger partial charge in [-0.3, -0.25) is 4.79 Å². The van der Waals surface area contributed by atoms with Crippen LogP contribution in [0.3, 0.4) is 0 Å². The first-order valence-electron chi connectivity index (χ1n) is 5.60. The zero-order valence-corrected chi connectivity index (χ0v) is 11.8. The number of carbonyl (C=O) groups is 2. The third kappa shape index (κ3) is 6.34. The summed E-state index contributed by atoms with van der Waals surface area (Å²) in [4.78, 5) is 22.8. The molecule has 0 aromatic heterocycles. The molecule has 1 atom stereocenters. The van der Waals surface area contributed by atoms with E-state index < -0.39 is 17.4 Å². The molecule has 0 aliphatic rings. The van der Waals surface area contributed by atoms with Crippen LogP contribution in [-0.2, 0) is 9.59 Å². The Hall–Kier alpha value is -1.43. The minimum absolute atomic E-state index is 0.102. The van der Waals surface area contributed by atoms with E-state index in [9.17, 15) is 9.59 Å². The van der Waals surface area contributed by atoms with E-state index in [0.717, 1.165) is 0 Å². The highest BCUT2D eigenvalue weighted by Gasteiger charge is 2.28. The highest BCUT2D eigenvalue weighted by atomic mass is 32.1. The molecule has 0 radical (unpaired) electrons. The van der Waals surface area contributed by atoms with E-state index in [1.807, 2.05) is 0 Å². The standard InChI is InChI=1S/C12H20N2O3S/c1-5-6-13-11(18)14-8(10(16)17)7-9(15)12(2,3)4/h5,8H,1,6-7H2,2-4H3,(H,16,17)(H2,13,14,18). The lowest BCUT2D eigenvalue weighted by atomic mass is 9.87. The third-order valence-electron chi connectivity index (χ3n) is 2.24. The number of aliphatic carboxylic acids is 1. The van der Waals surface area contributed by atoms with Crippen molar-refractivity contribution in [2.24, 2.45) is 5.41 Å². The van der Waals surface area contributed by atoms with Crippen LogP contribution in [0.2, 0.25) is 0 Å². The SMILES string of the molecule is C=CCNC(=S)NC(CC(=O)C(C)(C)C)C(=O)O. The van der Waals surface area contributed by atoms with Crippen molar-refractivity contribution in [3.63, 3.8) is 0 Å². The predicted octanol–water partition coefficient (Wildman–Crippen LogP) is 1.09. The number of carboxylic acid groups (broad SMARTS) is 1. The van der Waals surface area contributed by atoms with Crippen LogP contribution >= 0.6 is 12.2 Å². The summed E-state index contributed by atoms with van der Waals surface area (Å²) in [5, 5.41) is 14.6. The lowest BCUT2D eigenvalue weighted by Crippen LogP contribution is -2.47. The summed E-state index contributed by atoms with van der Waals surface area (Å²) in [5.41, 5.74) is -0.564. The molecule has 0 aromatic rings. The number of Topliss-reactive ketones (excluding diaryl/α,β-unsaturated/α-hetero) is 1. The second-order valence-electron chi connectivity index (χ2n) is 4.91. The van der Waals surface area contributed by atoms with Gasteiger partial charge in [0.1, 0.15) is 11.8 Å². The van der Waals surface area contributed by atoms with Crippen LogP contribution in [0.4, 0.5) is 0 Å². The molecule has 0 aliphatic carbocycles. The van der Waals surface area contributed by atoms with E-state index in [1.54, 1.807) is 26.8 Å². The van der Waals surface area contributed by atoms with Gasteiger partial charge in [0.15, 0.2) is 5.11 Å². The van der Waals surface area contributed by atoms with Gasteiger partial charge in [-0.25, -0.2) is 4.79 Å². The van der Waals surface area contributed by atoms with E-state index in [2.05, 4.69) is 17.2 Å². The van der Waals surface area contributed by atoms with Crippen LogP contribution in [0.5, 0.6) is 0 Å². The van der Waals surface area contributed by atoms with Crippen LogP contribution in [0.25, 0.3) is 0 Å². The van der Waals surface area contributed by atoms with Crippen molar-refractivity contribution < 1.29 is 14.7 Å². The summed E-state index contributed by atoms with van der Waals surface area (Å²) in [6.45, 7) is 9.20. The van der Waals surface area contributed by atoms with Crippen LogP contribution in [0.1, 0.15) is 27.2 Å². The number of thiocarbonyl (C=S) groups is 1. The number of hydrogen-bond donors (Lipinski definition) is 3. The maximum absolute atomic E-state index is 11.8. The number of ketones is 1. The van der Waals surface area contributed by atoms with Gasteiger partial charge >= 0.3 is 5.97 Å². The first-order valence-corrected chi connectivity index (χ1v) is 6.00. The van der Waals surface area contributed by atoms with Crippen LogP contribution in [0.15, 0.2) is 12.7 Å². The molecule has 5 nitrogen and oxygen atoms in total. The lowest BCUT2D eigenvalue weighted by Gasteiger charge is -2.21. The van der Waals surface area contributed by atoms with Gasteiger partial charge in [-0.2, -0.15) is 0 Å². The summed E-state index contributed by atoms with van der Waals surface area (Å²) in [5.74, 6) is -1.23. The van der Waals surface area contributed by atoms with E-state index in [4.69, 9.17) is 17.3 Å². The van der Waals surface area contributed by atoms with Gasteiger partial charge in [0.25, 0.3) is 0 Å². The molecule has 0 amide bonds. The van der Waals surface area contributed by atoms with E-state index >= 15 is 0 Å². The Kier molecular flexibility index (Phi) is 6.54. The Morgan fingerprint density at radius 1 is 1.44 bits per heavy atom. The van der Waals surface area contributed by atoms with Gasteiger partial charge in [-0.1, -0.05) is 26.8 Å². The Bertz CT molecular complexity index is 348. The Morgan fingerprint density at radius 2 is 2.00 bits per heavy atom. The van der Waals surface area contributed by atoms with Crippen molar-refractivity contribution in [1.29, 1.82) is 0 Å². The largest absolute Gasteiger partial charge is 0.480 e. The molecule has 0 saturated carbocycles. The first-order chi connectivity index (χ1) is 8.18. The Balaban J connectivity index is 4.50. The van der Waals surface area contributed by atoms with Gasteiger partial charge in [0, 0.05) is 18.4 Å². The molecule has 0 saturated heterocycles. The fourth-order valence-electron chi connectivity index (χ4n) is 1.07. The van der Waals surface area contributed by atoms with Gasteiger partial charge in [0.05, 0.1) is 0 Å². The van der Waals surface area contributed by atoms with E-state index in [-0.39, 0.29) is 17.3 Å². The number of rotatable bonds is 6. The zero-order valence-electron chi connectivity index (χ0n) is 10.9. The number of carbonyl (C=O) groups excluding carboxylic acids is 1. The van der Waals surface area contributed by atoms with E-state index in [0.29, 0.717) is 6.54 Å². The smallest absolute Gasteiger partial charge is 0.326 e. The molecule has 0 rings (SSSR count). The summed E-state index contributed by atoms with van der Waals surface area (Å²) in [7, 11) is 0. The zero-order chi connectivity index (χ0) is 14.3. The van der Waals surface area contributed by atoms with Crippen molar-refractivity contribution >= 4 is 29.1 Å². The van der Waals surface area contributed by atoms with Crippen molar-refractivity contribution in [3.8, 4) is 0 Å². The first kappa shape index (κ1) is 16.6. The molecule has 0 aliphatic heterocycles. The quantitative estimate of drug-likeness (QED) is 0.496. The molecule has 3 N–H and O–H groups in total. The monoisotopic (exact) mass is 272 g/mol. The summed E-state index contributed by atoms with van der Waals surface area (Å²) >= 11 is 4.92. The van der Waals surface area contributed by atoms with E-state index in [1.165, 1.54) is 0 Å². The maximum Gasteiger partial charge on any atom is 0.326 e. The van der Waals surface area contributed by atoms with Gasteiger partial charge < -0.3 is 15.7 Å². The fraction of sp³-hybridized carbons (Fsp3) is 0.583. The number of nitrogens with one attached hydrogen (secondary N) is 2. The topological polar surface area (TPSA) is 78.4 Å². The second kappa shape index (κ2) is 7.10. The predicted molar refractivity (Wildman–Crippen MR) is 74.4 cm³/mol. The molecule has 0 bridgehead atoms. The summed E-state index contributed by atoms with van der Waals surface area (Å²) in [6.07, 6.45) is 1.50. The minimum Gasteiger partial charge on any atom is -0.480 e. The molecule has 0 fully saturated rings. The van der Waals surface area contributed by atoms with Crippen LogP contribution in [0, 0.1) is 5.41 Å². The molecular weight excluding hydrogens is 252 g/mol. The maximum atomic E-state index is 11.8. The highest BCUT2D eigenvalue weighted by molar-refractivity contribution is 7.80. The molecule has 0 spiro atoms. The van der Waals surface area contributed by atoms with Crippen molar-refractivity contribution in [3.05, 3.63) is 12.7 Å². The average Bonchev–Trinajstić information content (AvgIpc) is 2.23. The molecule has 18 heavy (non-hydrogen) atoms. The van der Waals surface area contributed by atoms with Crippen LogP contribution < -0.4 is 10.6 Å². The van der Waals surface area contributed by atoms with Gasteiger partial charge in [-0.15, -0.1) is 6.58 Å². The van der Waals surface area contributed by atoms with Gasteiger partial charge in [-0.05, 0) is 12.2 Å². The number of carboxylic acids is 1. The molecular formula is C12H20N2O3S. The molecule has 0 aromatic carbocycles. The second-order valence-corrected chi connectivity index (χ2v) is 5.32. The fourth-order valence-corrected chi connectivity index (χ4v) is 1.29. The van der Waals surface area contributed by atoms with Gasteiger partial charge in [0.2, 0.25) is 0 Å². The van der Waals surface area contributed by atoms with Crippen molar-refractivity contribution in [1.82, 2.24) is 10.6 Å². The number of hydrogen-bond acceptors (Lipinski definition) is 3. The average molecular weight is 272 g/mol. The Morgan fingerprint density at radius 3 is 2.39 bits per heavy atom. The molecule has 0 heterocycles. The van der Waals surface area contributed by atoms with Crippen molar-refractivity contribution in [2.75, 3.05) is 6.54 Å².